The van der Waals surface area contributed by atoms with Gasteiger partial charge in [0.05, 0.1) is 11.2 Å². The molecule has 1 atom stereocenters. The molecule has 1 fully saturated rings. The predicted octanol–water partition coefficient (Wildman–Crippen LogP) is 2.85. The number of benzene rings is 1. The molecule has 0 spiro atoms. The molecule has 21 heavy (non-hydrogen) atoms. The normalized spacial score (nSPS) is 24.1. The van der Waals surface area contributed by atoms with Crippen LogP contribution in [0.25, 0.3) is 0 Å². The molecule has 1 aromatic carbocycles. The zero-order valence-corrected chi connectivity index (χ0v) is 13.5. The van der Waals surface area contributed by atoms with Crippen molar-refractivity contribution in [3.8, 4) is 0 Å². The van der Waals surface area contributed by atoms with Crippen molar-refractivity contribution < 1.29 is 4.39 Å². The van der Waals surface area contributed by atoms with Gasteiger partial charge in [-0.3, -0.25) is 0 Å². The van der Waals surface area contributed by atoms with E-state index in [1.807, 2.05) is 19.2 Å². The van der Waals surface area contributed by atoms with Crippen molar-refractivity contribution in [2.24, 2.45) is 5.73 Å². The van der Waals surface area contributed by atoms with Crippen LogP contribution in [-0.4, -0.2) is 43.2 Å². The third-order valence-corrected chi connectivity index (χ3v) is 4.99. The lowest BCUT2D eigenvalue weighted by molar-refractivity contribution is 0.224. The van der Waals surface area contributed by atoms with Gasteiger partial charge in [-0.05, 0) is 51.8 Å². The third kappa shape index (κ3) is 3.38. The molecule has 0 radical (unpaired) electrons. The lowest BCUT2D eigenvalue weighted by Gasteiger charge is -2.42. The topological polar surface area (TPSA) is 32.5 Å². The number of para-hydroxylation sites is 1. The van der Waals surface area contributed by atoms with Gasteiger partial charge in [0.15, 0.2) is 0 Å². The van der Waals surface area contributed by atoms with Crippen LogP contribution >= 0.6 is 0 Å². The fourth-order valence-electron chi connectivity index (χ4n) is 3.37. The Morgan fingerprint density at radius 1 is 1.29 bits per heavy atom. The molecule has 0 bridgehead atoms. The Kier molecular flexibility index (Phi) is 5.22. The molecule has 4 heteroatoms. The van der Waals surface area contributed by atoms with Gasteiger partial charge in [-0.25, -0.2) is 4.39 Å². The Balaban J connectivity index is 2.23. The Hall–Kier alpha value is -1.13. The molecular weight excluding hydrogens is 265 g/mol. The second-order valence-electron chi connectivity index (χ2n) is 6.42. The minimum atomic E-state index is -0.169. The summed E-state index contributed by atoms with van der Waals surface area (Å²) in [5.41, 5.74) is 6.64. The smallest absolute Gasteiger partial charge is 0.146 e. The largest absolute Gasteiger partial charge is 0.365 e. The van der Waals surface area contributed by atoms with Crippen molar-refractivity contribution in [2.45, 2.75) is 44.7 Å². The lowest BCUT2D eigenvalue weighted by atomic mass is 9.88. The summed E-state index contributed by atoms with van der Waals surface area (Å²) < 4.78 is 14.1. The Labute approximate surface area is 127 Å². The summed E-state index contributed by atoms with van der Waals surface area (Å²) in [6.45, 7) is 7.15. The van der Waals surface area contributed by atoms with Crippen molar-refractivity contribution in [3.05, 3.63) is 30.1 Å². The summed E-state index contributed by atoms with van der Waals surface area (Å²) in [6, 6.07) is 7.54. The van der Waals surface area contributed by atoms with E-state index in [1.165, 1.54) is 6.07 Å². The van der Waals surface area contributed by atoms with Gasteiger partial charge in [-0.15, -0.1) is 0 Å². The quantitative estimate of drug-likeness (QED) is 0.926. The van der Waals surface area contributed by atoms with E-state index in [9.17, 15) is 4.39 Å². The summed E-state index contributed by atoms with van der Waals surface area (Å²) in [4.78, 5) is 4.57. The molecule has 1 heterocycles. The first-order valence-electron chi connectivity index (χ1n) is 7.93. The molecule has 1 unspecified atom stereocenters. The molecule has 2 N–H and O–H groups in total. The maximum atomic E-state index is 14.1. The molecule has 0 aromatic heterocycles. The van der Waals surface area contributed by atoms with Crippen LogP contribution in [0.1, 0.15) is 33.1 Å². The molecule has 118 valence electrons. The fourth-order valence-corrected chi connectivity index (χ4v) is 3.37. The van der Waals surface area contributed by atoms with Crippen LogP contribution in [0.2, 0.25) is 0 Å². The number of likely N-dealkylation sites (N-methyl/N-ethyl adjacent to an activating group) is 1. The van der Waals surface area contributed by atoms with E-state index >= 15 is 0 Å². The van der Waals surface area contributed by atoms with Gasteiger partial charge in [-0.2, -0.15) is 0 Å². The van der Waals surface area contributed by atoms with E-state index in [0.717, 1.165) is 32.4 Å². The first-order chi connectivity index (χ1) is 10.00. The zero-order valence-electron chi connectivity index (χ0n) is 13.5. The van der Waals surface area contributed by atoms with Crippen LogP contribution in [0, 0.1) is 5.82 Å². The second-order valence-corrected chi connectivity index (χ2v) is 6.42. The van der Waals surface area contributed by atoms with Crippen LogP contribution in [0.15, 0.2) is 24.3 Å². The van der Waals surface area contributed by atoms with E-state index in [0.29, 0.717) is 18.3 Å². The first kappa shape index (κ1) is 16.2. The minimum Gasteiger partial charge on any atom is -0.365 e. The average Bonchev–Trinajstić information content (AvgIpc) is 2.70. The highest BCUT2D eigenvalue weighted by atomic mass is 19.1. The highest BCUT2D eigenvalue weighted by Gasteiger charge is 2.36. The van der Waals surface area contributed by atoms with Gasteiger partial charge < -0.3 is 15.5 Å². The zero-order chi connectivity index (χ0) is 15.5. The molecule has 2 rings (SSSR count). The van der Waals surface area contributed by atoms with Crippen molar-refractivity contribution >= 4 is 5.69 Å². The third-order valence-electron chi connectivity index (χ3n) is 4.99. The lowest BCUT2D eigenvalue weighted by Crippen LogP contribution is -2.53. The van der Waals surface area contributed by atoms with Gasteiger partial charge in [-0.1, -0.05) is 12.1 Å². The summed E-state index contributed by atoms with van der Waals surface area (Å²) >= 11 is 0. The summed E-state index contributed by atoms with van der Waals surface area (Å²) in [6.07, 6.45) is 3.10. The van der Waals surface area contributed by atoms with Gasteiger partial charge >= 0.3 is 0 Å². The van der Waals surface area contributed by atoms with E-state index in [4.69, 9.17) is 5.73 Å². The van der Waals surface area contributed by atoms with Crippen molar-refractivity contribution in [1.82, 2.24) is 4.90 Å². The molecule has 0 aliphatic carbocycles. The van der Waals surface area contributed by atoms with Crippen LogP contribution < -0.4 is 10.6 Å². The van der Waals surface area contributed by atoms with Gasteiger partial charge in [0.2, 0.25) is 0 Å². The number of hydrogen-bond acceptors (Lipinski definition) is 3. The van der Waals surface area contributed by atoms with E-state index in [2.05, 4.69) is 23.6 Å². The van der Waals surface area contributed by atoms with E-state index in [1.54, 1.807) is 6.07 Å². The predicted molar refractivity (Wildman–Crippen MR) is 87.1 cm³/mol. The number of hydrogen-bond donors (Lipinski definition) is 1. The van der Waals surface area contributed by atoms with Gasteiger partial charge in [0, 0.05) is 26.2 Å². The SMILES string of the molecule is CC(C)N1CCCC(CN)(N(C)c2ccccc2F)CC1. The first-order valence-corrected chi connectivity index (χ1v) is 7.93. The average molecular weight is 293 g/mol. The molecule has 1 saturated heterocycles. The second kappa shape index (κ2) is 6.75. The molecule has 3 nitrogen and oxygen atoms in total. The summed E-state index contributed by atoms with van der Waals surface area (Å²) in [5, 5.41) is 0. The number of nitrogens with two attached hydrogens (primary N) is 1. The Bertz CT molecular complexity index is 463. The number of anilines is 1. The number of rotatable bonds is 4. The highest BCUT2D eigenvalue weighted by molar-refractivity contribution is 5.49. The van der Waals surface area contributed by atoms with Crippen molar-refractivity contribution in [1.29, 1.82) is 0 Å². The van der Waals surface area contributed by atoms with Gasteiger partial charge in [0.25, 0.3) is 0 Å². The maximum Gasteiger partial charge on any atom is 0.146 e. The maximum absolute atomic E-state index is 14.1. The van der Waals surface area contributed by atoms with Crippen LogP contribution in [0.3, 0.4) is 0 Å². The molecule has 1 aliphatic rings. The van der Waals surface area contributed by atoms with E-state index < -0.39 is 0 Å². The van der Waals surface area contributed by atoms with Crippen molar-refractivity contribution in [3.63, 3.8) is 0 Å². The monoisotopic (exact) mass is 293 g/mol. The summed E-state index contributed by atoms with van der Waals surface area (Å²) in [5.74, 6) is -0.169. The number of halogens is 1. The standard InChI is InChI=1S/C17H28FN3/c1-14(2)21-11-6-9-17(13-19,10-12-21)20(3)16-8-5-4-7-15(16)18/h4-5,7-8,14H,6,9-13,19H2,1-3H3. The van der Waals surface area contributed by atoms with Crippen LogP contribution in [-0.2, 0) is 0 Å². The molecule has 1 aromatic rings. The van der Waals surface area contributed by atoms with Crippen LogP contribution in [0.5, 0.6) is 0 Å². The summed E-state index contributed by atoms with van der Waals surface area (Å²) in [7, 11) is 1.98. The highest BCUT2D eigenvalue weighted by Crippen LogP contribution is 2.33. The van der Waals surface area contributed by atoms with E-state index in [-0.39, 0.29) is 11.4 Å². The molecule has 1 aliphatic heterocycles. The van der Waals surface area contributed by atoms with Crippen LogP contribution in [0.4, 0.5) is 10.1 Å². The van der Waals surface area contributed by atoms with Crippen molar-refractivity contribution in [2.75, 3.05) is 31.6 Å². The number of nitrogens with zero attached hydrogens (tertiary/aromatic N) is 2. The fraction of sp³-hybridized carbons (Fsp3) is 0.647. The molecular formula is C17H28FN3. The number of likely N-dealkylation sites (tertiary alicyclic amines) is 1. The minimum absolute atomic E-state index is 0.147. The Morgan fingerprint density at radius 2 is 2.00 bits per heavy atom. The molecule has 0 amide bonds. The molecule has 0 saturated carbocycles. The Morgan fingerprint density at radius 3 is 2.62 bits per heavy atom. The van der Waals surface area contributed by atoms with Gasteiger partial charge in [0.1, 0.15) is 5.82 Å².